The Morgan fingerprint density at radius 3 is 2.60 bits per heavy atom. The van der Waals surface area contributed by atoms with Crippen LogP contribution in [0.1, 0.15) is 0 Å². The lowest BCUT2D eigenvalue weighted by Crippen LogP contribution is -2.38. The topological polar surface area (TPSA) is 35.5 Å². The third-order valence-electron chi connectivity index (χ3n) is 4.22. The Bertz CT molecular complexity index is 390. The molecule has 4 atom stereocenters. The highest BCUT2D eigenvalue weighted by Gasteiger charge is 2.66. The van der Waals surface area contributed by atoms with Gasteiger partial charge in [0.25, 0.3) is 0 Å². The van der Waals surface area contributed by atoms with Crippen molar-refractivity contribution in [3.05, 3.63) is 24.3 Å². The molecule has 0 unspecified atom stereocenters. The Labute approximate surface area is 87.7 Å². The van der Waals surface area contributed by atoms with Crippen molar-refractivity contribution in [2.45, 2.75) is 5.79 Å². The molecule has 15 heavy (non-hydrogen) atoms. The number of ketones is 1. The maximum atomic E-state index is 11.8. The van der Waals surface area contributed by atoms with E-state index in [0.29, 0.717) is 19.1 Å². The molecule has 0 aromatic carbocycles. The summed E-state index contributed by atoms with van der Waals surface area (Å²) in [5.74, 6) is 0.532. The van der Waals surface area contributed by atoms with E-state index in [1.54, 1.807) is 6.08 Å². The zero-order valence-corrected chi connectivity index (χ0v) is 8.26. The second kappa shape index (κ2) is 2.42. The highest BCUT2D eigenvalue weighted by Crippen LogP contribution is 2.60. The smallest absolute Gasteiger partial charge is 0.182 e. The normalized spacial score (nSPS) is 48.4. The average Bonchev–Trinajstić information content (AvgIpc) is 2.96. The SMILES string of the molecule is O=C1C=C[C@@H]2[C@@H]1[C@H]1C=C[C@@H]2C12OCCO2. The minimum absolute atomic E-state index is 0.0816. The second-order valence-electron chi connectivity index (χ2n) is 4.72. The molecule has 2 fully saturated rings. The molecule has 1 saturated carbocycles. The number of carbonyl (C=O) groups excluding carboxylic acids is 1. The number of fused-ring (bicyclic) bond motifs is 3. The molecule has 0 aromatic rings. The fourth-order valence-corrected chi connectivity index (χ4v) is 3.71. The number of hydrogen-bond donors (Lipinski definition) is 0. The van der Waals surface area contributed by atoms with Crippen LogP contribution in [-0.2, 0) is 14.3 Å². The first-order valence-electron chi connectivity index (χ1n) is 5.51. The standard InChI is InChI=1S/C12H12O3/c13-10-4-1-7-8-2-3-9(11(7)10)12(8)14-5-6-15-12/h1-4,7-9,11H,5-6H2/t7-,8-,9+,11+/m0/s1. The van der Waals surface area contributed by atoms with E-state index in [9.17, 15) is 4.79 Å². The van der Waals surface area contributed by atoms with Crippen LogP contribution in [0.4, 0.5) is 0 Å². The summed E-state index contributed by atoms with van der Waals surface area (Å²) in [4.78, 5) is 11.8. The fraction of sp³-hybridized carbons (Fsp3) is 0.583. The lowest BCUT2D eigenvalue weighted by Gasteiger charge is -2.28. The molecule has 3 heteroatoms. The lowest BCUT2D eigenvalue weighted by atomic mass is 9.85. The van der Waals surface area contributed by atoms with Crippen molar-refractivity contribution >= 4 is 5.78 Å². The van der Waals surface area contributed by atoms with Gasteiger partial charge in [-0.3, -0.25) is 4.79 Å². The minimum atomic E-state index is -0.490. The van der Waals surface area contributed by atoms with E-state index in [4.69, 9.17) is 9.47 Å². The van der Waals surface area contributed by atoms with E-state index in [1.807, 2.05) is 6.08 Å². The summed E-state index contributed by atoms with van der Waals surface area (Å²) in [5, 5.41) is 0. The third-order valence-corrected chi connectivity index (χ3v) is 4.22. The van der Waals surface area contributed by atoms with Crippen LogP contribution >= 0.6 is 0 Å². The second-order valence-corrected chi connectivity index (χ2v) is 4.72. The first-order chi connectivity index (χ1) is 7.33. The summed E-state index contributed by atoms with van der Waals surface area (Å²) in [6, 6.07) is 0. The molecular weight excluding hydrogens is 192 g/mol. The molecule has 2 bridgehead atoms. The van der Waals surface area contributed by atoms with Crippen LogP contribution in [0.15, 0.2) is 24.3 Å². The lowest BCUT2D eigenvalue weighted by molar-refractivity contribution is -0.188. The number of hydrogen-bond acceptors (Lipinski definition) is 3. The van der Waals surface area contributed by atoms with Crippen LogP contribution in [0.2, 0.25) is 0 Å². The molecule has 78 valence electrons. The zero-order valence-electron chi connectivity index (χ0n) is 8.26. The van der Waals surface area contributed by atoms with Gasteiger partial charge in [0.1, 0.15) is 0 Å². The van der Waals surface area contributed by atoms with Gasteiger partial charge in [0.15, 0.2) is 11.6 Å². The molecule has 0 aromatic heterocycles. The number of allylic oxidation sites excluding steroid dienone is 2. The van der Waals surface area contributed by atoms with Crippen LogP contribution in [0.25, 0.3) is 0 Å². The molecule has 0 radical (unpaired) electrons. The maximum Gasteiger partial charge on any atom is 0.182 e. The van der Waals surface area contributed by atoms with Crippen LogP contribution < -0.4 is 0 Å². The van der Waals surface area contributed by atoms with E-state index in [1.165, 1.54) is 0 Å². The number of carbonyl (C=O) groups is 1. The van der Waals surface area contributed by atoms with E-state index >= 15 is 0 Å². The van der Waals surface area contributed by atoms with Crippen molar-refractivity contribution < 1.29 is 14.3 Å². The fourth-order valence-electron chi connectivity index (χ4n) is 3.71. The van der Waals surface area contributed by atoms with Crippen LogP contribution in [0.5, 0.6) is 0 Å². The first kappa shape index (κ1) is 8.25. The third kappa shape index (κ3) is 0.755. The van der Waals surface area contributed by atoms with E-state index in [0.717, 1.165) is 0 Å². The summed E-state index contributed by atoms with van der Waals surface area (Å²) in [5.41, 5.74) is 0. The monoisotopic (exact) mass is 204 g/mol. The van der Waals surface area contributed by atoms with Gasteiger partial charge in [0.05, 0.1) is 13.2 Å². The zero-order chi connectivity index (χ0) is 10.0. The van der Waals surface area contributed by atoms with Crippen molar-refractivity contribution in [3.63, 3.8) is 0 Å². The van der Waals surface area contributed by atoms with Gasteiger partial charge in [-0.1, -0.05) is 18.2 Å². The van der Waals surface area contributed by atoms with E-state index in [-0.39, 0.29) is 23.5 Å². The Morgan fingerprint density at radius 2 is 1.87 bits per heavy atom. The molecule has 1 heterocycles. The predicted molar refractivity (Wildman–Crippen MR) is 51.9 cm³/mol. The Balaban J connectivity index is 1.83. The summed E-state index contributed by atoms with van der Waals surface area (Å²) < 4.78 is 11.6. The molecule has 0 N–H and O–H groups in total. The van der Waals surface area contributed by atoms with Crippen molar-refractivity contribution in [2.24, 2.45) is 23.7 Å². The number of ether oxygens (including phenoxy) is 2. The first-order valence-corrected chi connectivity index (χ1v) is 5.51. The van der Waals surface area contributed by atoms with Crippen LogP contribution in [-0.4, -0.2) is 24.8 Å². The van der Waals surface area contributed by atoms with Gasteiger partial charge >= 0.3 is 0 Å². The van der Waals surface area contributed by atoms with Gasteiger partial charge in [-0.2, -0.15) is 0 Å². The molecule has 1 spiro atoms. The van der Waals surface area contributed by atoms with Crippen molar-refractivity contribution in [1.29, 1.82) is 0 Å². The molecule has 4 aliphatic rings. The molecular formula is C12H12O3. The summed E-state index contributed by atoms with van der Waals surface area (Å²) in [7, 11) is 0. The molecule has 3 aliphatic carbocycles. The largest absolute Gasteiger partial charge is 0.346 e. The molecule has 4 rings (SSSR count). The van der Waals surface area contributed by atoms with Gasteiger partial charge in [-0.15, -0.1) is 0 Å². The molecule has 1 saturated heterocycles. The quantitative estimate of drug-likeness (QED) is 0.550. The Kier molecular flexibility index (Phi) is 1.33. The van der Waals surface area contributed by atoms with E-state index < -0.39 is 5.79 Å². The minimum Gasteiger partial charge on any atom is -0.346 e. The van der Waals surface area contributed by atoms with Gasteiger partial charge < -0.3 is 9.47 Å². The Hall–Kier alpha value is -0.930. The van der Waals surface area contributed by atoms with Gasteiger partial charge in [0.2, 0.25) is 0 Å². The van der Waals surface area contributed by atoms with Gasteiger partial charge in [-0.25, -0.2) is 0 Å². The summed E-state index contributed by atoms with van der Waals surface area (Å²) in [6.45, 7) is 1.32. The molecule has 3 nitrogen and oxygen atoms in total. The van der Waals surface area contributed by atoms with Crippen molar-refractivity contribution in [3.8, 4) is 0 Å². The Morgan fingerprint density at radius 1 is 1.13 bits per heavy atom. The molecule has 1 aliphatic heterocycles. The maximum absolute atomic E-state index is 11.8. The van der Waals surface area contributed by atoms with Crippen LogP contribution in [0, 0.1) is 23.7 Å². The predicted octanol–water partition coefficient (Wildman–Crippen LogP) is 0.917. The van der Waals surface area contributed by atoms with Gasteiger partial charge in [0, 0.05) is 17.8 Å². The van der Waals surface area contributed by atoms with E-state index in [2.05, 4.69) is 12.2 Å². The highest BCUT2D eigenvalue weighted by molar-refractivity contribution is 5.96. The van der Waals surface area contributed by atoms with Gasteiger partial charge in [-0.05, 0) is 12.0 Å². The summed E-state index contributed by atoms with van der Waals surface area (Å²) >= 11 is 0. The summed E-state index contributed by atoms with van der Waals surface area (Å²) in [6.07, 6.45) is 8.04. The molecule has 0 amide bonds. The van der Waals surface area contributed by atoms with Crippen LogP contribution in [0.3, 0.4) is 0 Å². The van der Waals surface area contributed by atoms with Crippen molar-refractivity contribution in [1.82, 2.24) is 0 Å². The number of rotatable bonds is 0. The van der Waals surface area contributed by atoms with Crippen molar-refractivity contribution in [2.75, 3.05) is 13.2 Å². The average molecular weight is 204 g/mol. The highest BCUT2D eigenvalue weighted by atomic mass is 16.7.